The summed E-state index contributed by atoms with van der Waals surface area (Å²) in [6.45, 7) is 4.36. The van der Waals surface area contributed by atoms with Crippen LogP contribution in [0.4, 0.5) is 0 Å². The van der Waals surface area contributed by atoms with Crippen molar-refractivity contribution < 1.29 is 0 Å². The lowest BCUT2D eigenvalue weighted by Crippen LogP contribution is -2.24. The van der Waals surface area contributed by atoms with Crippen LogP contribution in [0, 0.1) is 0 Å². The standard InChI is InChI=1S/C38H38N8/c1-5-19-39-33(9-1)25-45(26-34-10-2-6-20-40-34)29-37-17-15-31(23-43-37)13-14-32-16-18-38(44-24-32)30-46(27-35-11-3-7-21-41-35)28-36-12-4-8-22-42-36/h1-12,15-24H,13-14,25-30H2. The van der Waals surface area contributed by atoms with E-state index >= 15 is 0 Å². The molecule has 0 saturated heterocycles. The van der Waals surface area contributed by atoms with Gasteiger partial charge in [0, 0.05) is 76.4 Å². The molecule has 6 aromatic rings. The van der Waals surface area contributed by atoms with Crippen LogP contribution in [0.3, 0.4) is 0 Å². The van der Waals surface area contributed by atoms with Crippen molar-refractivity contribution in [2.75, 3.05) is 0 Å². The molecule has 0 amide bonds. The van der Waals surface area contributed by atoms with Crippen molar-refractivity contribution in [1.82, 2.24) is 39.7 Å². The van der Waals surface area contributed by atoms with Crippen LogP contribution in [0.2, 0.25) is 0 Å². The molecule has 0 aromatic carbocycles. The third-order valence-corrected chi connectivity index (χ3v) is 7.69. The smallest absolute Gasteiger partial charge is 0.0544 e. The normalized spacial score (nSPS) is 11.3. The molecule has 8 nitrogen and oxygen atoms in total. The number of aryl methyl sites for hydroxylation is 2. The zero-order chi connectivity index (χ0) is 31.2. The molecule has 6 aromatic heterocycles. The number of hydrogen-bond donors (Lipinski definition) is 0. The molecular formula is C38H38N8. The molecule has 0 atom stereocenters. The number of rotatable bonds is 15. The van der Waals surface area contributed by atoms with Gasteiger partial charge in [-0.15, -0.1) is 0 Å². The molecule has 0 saturated carbocycles. The van der Waals surface area contributed by atoms with Gasteiger partial charge in [-0.05, 0) is 84.6 Å². The van der Waals surface area contributed by atoms with Crippen molar-refractivity contribution in [1.29, 1.82) is 0 Å². The number of pyridine rings is 6. The summed E-state index contributed by atoms with van der Waals surface area (Å²) in [6.07, 6.45) is 13.2. The summed E-state index contributed by atoms with van der Waals surface area (Å²) in [5.41, 5.74) is 8.61. The summed E-state index contributed by atoms with van der Waals surface area (Å²) < 4.78 is 0. The molecule has 0 aliphatic rings. The van der Waals surface area contributed by atoms with Crippen molar-refractivity contribution in [2.24, 2.45) is 0 Å². The van der Waals surface area contributed by atoms with E-state index in [1.807, 2.05) is 85.7 Å². The van der Waals surface area contributed by atoms with Gasteiger partial charge in [0.15, 0.2) is 0 Å². The van der Waals surface area contributed by atoms with E-state index in [0.29, 0.717) is 0 Å². The summed E-state index contributed by atoms with van der Waals surface area (Å²) in [7, 11) is 0. The Hall–Kier alpha value is -5.18. The Morgan fingerprint density at radius 2 is 0.630 bits per heavy atom. The molecule has 6 heterocycles. The fourth-order valence-corrected chi connectivity index (χ4v) is 5.36. The molecule has 46 heavy (non-hydrogen) atoms. The summed E-state index contributed by atoms with van der Waals surface area (Å²) in [6, 6.07) is 32.8. The van der Waals surface area contributed by atoms with Crippen LogP contribution >= 0.6 is 0 Å². The molecule has 6 rings (SSSR count). The van der Waals surface area contributed by atoms with Crippen LogP contribution < -0.4 is 0 Å². The largest absolute Gasteiger partial charge is 0.286 e. The number of nitrogens with zero attached hydrogens (tertiary/aromatic N) is 8. The second-order valence-corrected chi connectivity index (χ2v) is 11.4. The van der Waals surface area contributed by atoms with Gasteiger partial charge in [-0.1, -0.05) is 36.4 Å². The Morgan fingerprint density at radius 1 is 0.326 bits per heavy atom. The van der Waals surface area contributed by atoms with Gasteiger partial charge in [0.2, 0.25) is 0 Å². The number of aromatic nitrogens is 6. The van der Waals surface area contributed by atoms with Gasteiger partial charge in [-0.3, -0.25) is 39.7 Å². The summed E-state index contributed by atoms with van der Waals surface area (Å²) in [5, 5.41) is 0. The van der Waals surface area contributed by atoms with Crippen molar-refractivity contribution in [3.8, 4) is 0 Å². The minimum absolute atomic E-state index is 0.719. The van der Waals surface area contributed by atoms with E-state index in [1.54, 1.807) is 0 Å². The van der Waals surface area contributed by atoms with Gasteiger partial charge in [0.25, 0.3) is 0 Å². The Kier molecular flexibility index (Phi) is 10.9. The van der Waals surface area contributed by atoms with Crippen LogP contribution in [0.25, 0.3) is 0 Å². The highest BCUT2D eigenvalue weighted by atomic mass is 15.1. The highest BCUT2D eigenvalue weighted by Crippen LogP contribution is 2.15. The zero-order valence-electron chi connectivity index (χ0n) is 25.9. The van der Waals surface area contributed by atoms with Gasteiger partial charge in [0.1, 0.15) is 0 Å². The Bertz CT molecular complexity index is 1500. The molecule has 0 bridgehead atoms. The molecule has 0 N–H and O–H groups in total. The molecule has 0 radical (unpaired) electrons. The minimum Gasteiger partial charge on any atom is -0.286 e. The van der Waals surface area contributed by atoms with Crippen LogP contribution in [-0.2, 0) is 52.1 Å². The molecular weight excluding hydrogens is 568 g/mol. The Morgan fingerprint density at radius 3 is 0.870 bits per heavy atom. The minimum atomic E-state index is 0.719. The van der Waals surface area contributed by atoms with Crippen LogP contribution in [-0.4, -0.2) is 39.7 Å². The first-order chi connectivity index (χ1) is 22.7. The molecule has 0 spiro atoms. The molecule has 8 heteroatoms. The summed E-state index contributed by atoms with van der Waals surface area (Å²) in [5.74, 6) is 0. The third kappa shape index (κ3) is 9.66. The average molecular weight is 607 g/mol. The van der Waals surface area contributed by atoms with E-state index in [1.165, 1.54) is 11.1 Å². The zero-order valence-corrected chi connectivity index (χ0v) is 25.9. The van der Waals surface area contributed by atoms with Crippen molar-refractivity contribution >= 4 is 0 Å². The fraction of sp³-hybridized carbons (Fsp3) is 0.211. The van der Waals surface area contributed by atoms with Crippen molar-refractivity contribution in [3.05, 3.63) is 180 Å². The lowest BCUT2D eigenvalue weighted by Gasteiger charge is -2.21. The lowest BCUT2D eigenvalue weighted by molar-refractivity contribution is 0.238. The first kappa shape index (κ1) is 30.8. The van der Waals surface area contributed by atoms with E-state index in [2.05, 4.69) is 78.3 Å². The van der Waals surface area contributed by atoms with E-state index in [0.717, 1.165) is 86.3 Å². The van der Waals surface area contributed by atoms with Crippen molar-refractivity contribution in [2.45, 2.75) is 52.1 Å². The Balaban J connectivity index is 1.04. The van der Waals surface area contributed by atoms with E-state index < -0.39 is 0 Å². The quantitative estimate of drug-likeness (QED) is 0.136. The van der Waals surface area contributed by atoms with Gasteiger partial charge in [0.05, 0.1) is 34.2 Å². The third-order valence-electron chi connectivity index (χ3n) is 7.69. The van der Waals surface area contributed by atoms with Crippen molar-refractivity contribution in [3.63, 3.8) is 0 Å². The first-order valence-corrected chi connectivity index (χ1v) is 15.7. The maximum Gasteiger partial charge on any atom is 0.0544 e. The fourth-order valence-electron chi connectivity index (χ4n) is 5.36. The first-order valence-electron chi connectivity index (χ1n) is 15.7. The second kappa shape index (κ2) is 16.2. The van der Waals surface area contributed by atoms with Crippen LogP contribution in [0.1, 0.15) is 45.3 Å². The highest BCUT2D eigenvalue weighted by molar-refractivity contribution is 5.20. The average Bonchev–Trinajstić information content (AvgIpc) is 3.10. The van der Waals surface area contributed by atoms with E-state index in [-0.39, 0.29) is 0 Å². The van der Waals surface area contributed by atoms with E-state index in [4.69, 9.17) is 9.97 Å². The monoisotopic (exact) mass is 606 g/mol. The predicted molar refractivity (Wildman–Crippen MR) is 179 cm³/mol. The van der Waals surface area contributed by atoms with Gasteiger partial charge in [-0.25, -0.2) is 0 Å². The SMILES string of the molecule is c1ccc(CN(Cc2ccccn2)Cc2ccc(CCc3ccc(CN(Cc4ccccn4)Cc4ccccn4)nc3)cn2)nc1. The molecule has 230 valence electrons. The number of hydrogen-bond acceptors (Lipinski definition) is 8. The van der Waals surface area contributed by atoms with Crippen LogP contribution in [0.5, 0.6) is 0 Å². The van der Waals surface area contributed by atoms with Gasteiger partial charge < -0.3 is 0 Å². The lowest BCUT2D eigenvalue weighted by atomic mass is 10.1. The molecule has 0 aliphatic heterocycles. The summed E-state index contributed by atoms with van der Waals surface area (Å²) in [4.78, 5) is 32.4. The summed E-state index contributed by atoms with van der Waals surface area (Å²) >= 11 is 0. The Labute approximate surface area is 270 Å². The second-order valence-electron chi connectivity index (χ2n) is 11.4. The predicted octanol–water partition coefficient (Wildman–Crippen LogP) is 6.25. The van der Waals surface area contributed by atoms with Gasteiger partial charge >= 0.3 is 0 Å². The topological polar surface area (TPSA) is 83.8 Å². The maximum atomic E-state index is 4.82. The maximum absolute atomic E-state index is 4.82. The molecule has 0 fully saturated rings. The molecule has 0 unspecified atom stereocenters. The van der Waals surface area contributed by atoms with Gasteiger partial charge in [-0.2, -0.15) is 0 Å². The molecule has 0 aliphatic carbocycles. The highest BCUT2D eigenvalue weighted by Gasteiger charge is 2.12. The van der Waals surface area contributed by atoms with E-state index in [9.17, 15) is 0 Å². The van der Waals surface area contributed by atoms with Crippen LogP contribution in [0.15, 0.2) is 134 Å².